The smallest absolute Gasteiger partial charge is 0.237 e. The molecule has 0 radical (unpaired) electrons. The molecule has 0 aromatic rings. The van der Waals surface area contributed by atoms with Crippen molar-refractivity contribution >= 4 is 5.91 Å². The number of likely N-dealkylation sites (N-methyl/N-ethyl adjacent to an activating group) is 1. The minimum absolute atomic E-state index is 0.0729. The van der Waals surface area contributed by atoms with Crippen molar-refractivity contribution in [1.29, 1.82) is 0 Å². The van der Waals surface area contributed by atoms with Crippen LogP contribution in [0.3, 0.4) is 0 Å². The van der Waals surface area contributed by atoms with Gasteiger partial charge in [0.05, 0.1) is 6.04 Å². The Bertz CT molecular complexity index is 281. The van der Waals surface area contributed by atoms with Gasteiger partial charge in [-0.2, -0.15) is 0 Å². The minimum atomic E-state index is -0.163. The number of carbonyl (C=O) groups excluding carboxylic acids is 1. The Labute approximate surface area is 111 Å². The fourth-order valence-corrected chi connectivity index (χ4v) is 1.90. The van der Waals surface area contributed by atoms with Gasteiger partial charge in [-0.05, 0) is 54.5 Å². The SMILES string of the molecule is CC(NCC(C)N(C)C1CC1)C(=O)NC(C)(C)C. The maximum Gasteiger partial charge on any atom is 0.237 e. The van der Waals surface area contributed by atoms with E-state index < -0.39 is 0 Å². The predicted octanol–water partition coefficient (Wildman–Crippen LogP) is 1.36. The first-order valence-corrected chi connectivity index (χ1v) is 6.98. The average molecular weight is 255 g/mol. The summed E-state index contributed by atoms with van der Waals surface area (Å²) in [4.78, 5) is 14.3. The average Bonchev–Trinajstić information content (AvgIpc) is 3.05. The number of carbonyl (C=O) groups is 1. The second-order valence-electron chi connectivity index (χ2n) is 6.61. The molecule has 0 aromatic carbocycles. The molecule has 4 nitrogen and oxygen atoms in total. The highest BCUT2D eigenvalue weighted by molar-refractivity contribution is 5.81. The molecule has 1 fully saturated rings. The fourth-order valence-electron chi connectivity index (χ4n) is 1.90. The Hall–Kier alpha value is -0.610. The van der Waals surface area contributed by atoms with Crippen LogP contribution < -0.4 is 10.6 Å². The maximum absolute atomic E-state index is 11.9. The van der Waals surface area contributed by atoms with E-state index in [1.807, 2.05) is 27.7 Å². The molecule has 0 bridgehead atoms. The molecule has 2 unspecified atom stereocenters. The Morgan fingerprint density at radius 1 is 1.33 bits per heavy atom. The van der Waals surface area contributed by atoms with Gasteiger partial charge in [0.15, 0.2) is 0 Å². The van der Waals surface area contributed by atoms with Crippen LogP contribution in [0.1, 0.15) is 47.5 Å². The van der Waals surface area contributed by atoms with Gasteiger partial charge >= 0.3 is 0 Å². The van der Waals surface area contributed by atoms with Crippen molar-refractivity contribution in [3.63, 3.8) is 0 Å². The monoisotopic (exact) mass is 255 g/mol. The van der Waals surface area contributed by atoms with Crippen LogP contribution in [0, 0.1) is 0 Å². The van der Waals surface area contributed by atoms with Gasteiger partial charge in [-0.3, -0.25) is 9.69 Å². The topological polar surface area (TPSA) is 44.4 Å². The van der Waals surface area contributed by atoms with Crippen molar-refractivity contribution in [2.75, 3.05) is 13.6 Å². The van der Waals surface area contributed by atoms with E-state index in [0.29, 0.717) is 6.04 Å². The van der Waals surface area contributed by atoms with Crippen LogP contribution in [0.25, 0.3) is 0 Å². The molecule has 1 rings (SSSR count). The van der Waals surface area contributed by atoms with Crippen molar-refractivity contribution in [2.24, 2.45) is 0 Å². The first-order valence-electron chi connectivity index (χ1n) is 6.98. The molecule has 0 aliphatic heterocycles. The van der Waals surface area contributed by atoms with Crippen LogP contribution in [-0.2, 0) is 4.79 Å². The van der Waals surface area contributed by atoms with Gasteiger partial charge in [0, 0.05) is 24.2 Å². The summed E-state index contributed by atoms with van der Waals surface area (Å²) in [5, 5.41) is 6.31. The lowest BCUT2D eigenvalue weighted by atomic mass is 10.1. The maximum atomic E-state index is 11.9. The number of rotatable bonds is 6. The molecule has 4 heteroatoms. The molecule has 106 valence electrons. The van der Waals surface area contributed by atoms with Crippen LogP contribution >= 0.6 is 0 Å². The first-order chi connectivity index (χ1) is 8.20. The molecule has 0 heterocycles. The van der Waals surface area contributed by atoms with Crippen LogP contribution in [0.5, 0.6) is 0 Å². The summed E-state index contributed by atoms with van der Waals surface area (Å²) in [6, 6.07) is 1.10. The van der Waals surface area contributed by atoms with Gasteiger partial charge in [0.2, 0.25) is 5.91 Å². The molecular formula is C14H29N3O. The highest BCUT2D eigenvalue weighted by Gasteiger charge is 2.29. The number of amides is 1. The zero-order chi connectivity index (χ0) is 13.9. The summed E-state index contributed by atoms with van der Waals surface area (Å²) < 4.78 is 0. The van der Waals surface area contributed by atoms with Gasteiger partial charge in [-0.25, -0.2) is 0 Å². The number of hydrogen-bond donors (Lipinski definition) is 2. The third kappa shape index (κ3) is 5.36. The molecule has 0 spiro atoms. The highest BCUT2D eigenvalue weighted by Crippen LogP contribution is 2.26. The molecule has 2 N–H and O–H groups in total. The van der Waals surface area contributed by atoms with Crippen molar-refractivity contribution in [3.8, 4) is 0 Å². The first kappa shape index (κ1) is 15.4. The van der Waals surface area contributed by atoms with E-state index >= 15 is 0 Å². The van der Waals surface area contributed by atoms with Crippen LogP contribution in [0.2, 0.25) is 0 Å². The van der Waals surface area contributed by atoms with E-state index in [0.717, 1.165) is 12.6 Å². The number of hydrogen-bond acceptors (Lipinski definition) is 3. The zero-order valence-corrected chi connectivity index (χ0v) is 12.7. The van der Waals surface area contributed by atoms with E-state index in [1.165, 1.54) is 12.8 Å². The van der Waals surface area contributed by atoms with E-state index in [9.17, 15) is 4.79 Å². The van der Waals surface area contributed by atoms with E-state index in [1.54, 1.807) is 0 Å². The van der Waals surface area contributed by atoms with Crippen molar-refractivity contribution in [3.05, 3.63) is 0 Å². The number of nitrogens with zero attached hydrogens (tertiary/aromatic N) is 1. The molecule has 2 atom stereocenters. The van der Waals surface area contributed by atoms with E-state index in [4.69, 9.17) is 0 Å². The van der Waals surface area contributed by atoms with Crippen molar-refractivity contribution in [1.82, 2.24) is 15.5 Å². The second kappa shape index (κ2) is 6.02. The van der Waals surface area contributed by atoms with Crippen molar-refractivity contribution < 1.29 is 4.79 Å². The standard InChI is InChI=1S/C14H29N3O/c1-10(17(6)12-7-8-12)9-15-11(2)13(18)16-14(3,4)5/h10-12,15H,7-9H2,1-6H3,(H,16,18). The van der Waals surface area contributed by atoms with Gasteiger partial charge < -0.3 is 10.6 Å². The molecule has 1 saturated carbocycles. The van der Waals surface area contributed by atoms with Gasteiger partial charge in [-0.15, -0.1) is 0 Å². The summed E-state index contributed by atoms with van der Waals surface area (Å²) in [5.74, 6) is 0.0729. The molecule has 0 aromatic heterocycles. The molecule has 0 saturated heterocycles. The molecule has 18 heavy (non-hydrogen) atoms. The van der Waals surface area contributed by atoms with Gasteiger partial charge in [0.25, 0.3) is 0 Å². The van der Waals surface area contributed by atoms with Gasteiger partial charge in [-0.1, -0.05) is 0 Å². The number of nitrogens with one attached hydrogen (secondary N) is 2. The third-order valence-corrected chi connectivity index (χ3v) is 3.43. The van der Waals surface area contributed by atoms with E-state index in [2.05, 4.69) is 29.5 Å². The molecular weight excluding hydrogens is 226 g/mol. The summed E-state index contributed by atoms with van der Waals surface area (Å²) in [6.07, 6.45) is 2.64. The summed E-state index contributed by atoms with van der Waals surface area (Å²) in [5.41, 5.74) is -0.163. The summed E-state index contributed by atoms with van der Waals surface area (Å²) in [6.45, 7) is 11.0. The fraction of sp³-hybridized carbons (Fsp3) is 0.929. The lowest BCUT2D eigenvalue weighted by molar-refractivity contribution is -0.124. The Morgan fingerprint density at radius 3 is 2.33 bits per heavy atom. The highest BCUT2D eigenvalue weighted by atomic mass is 16.2. The van der Waals surface area contributed by atoms with Crippen molar-refractivity contribution in [2.45, 2.75) is 71.1 Å². The molecule has 1 aliphatic rings. The van der Waals surface area contributed by atoms with Crippen LogP contribution in [-0.4, -0.2) is 48.1 Å². The minimum Gasteiger partial charge on any atom is -0.350 e. The van der Waals surface area contributed by atoms with Crippen LogP contribution in [0.15, 0.2) is 0 Å². The predicted molar refractivity (Wildman–Crippen MR) is 75.6 cm³/mol. The lowest BCUT2D eigenvalue weighted by Crippen LogP contribution is -2.51. The quantitative estimate of drug-likeness (QED) is 0.753. The normalized spacial score (nSPS) is 19.7. The Morgan fingerprint density at radius 2 is 1.89 bits per heavy atom. The second-order valence-corrected chi connectivity index (χ2v) is 6.61. The zero-order valence-electron chi connectivity index (χ0n) is 12.7. The molecule has 1 aliphatic carbocycles. The van der Waals surface area contributed by atoms with Gasteiger partial charge in [0.1, 0.15) is 0 Å². The third-order valence-electron chi connectivity index (χ3n) is 3.43. The lowest BCUT2D eigenvalue weighted by Gasteiger charge is -2.27. The molecule has 1 amide bonds. The largest absolute Gasteiger partial charge is 0.350 e. The summed E-state index contributed by atoms with van der Waals surface area (Å²) in [7, 11) is 2.17. The Kier molecular flexibility index (Phi) is 5.17. The Balaban J connectivity index is 2.27. The van der Waals surface area contributed by atoms with E-state index in [-0.39, 0.29) is 17.5 Å². The van der Waals surface area contributed by atoms with Crippen LogP contribution in [0.4, 0.5) is 0 Å². The summed E-state index contributed by atoms with van der Waals surface area (Å²) >= 11 is 0.